The Balaban J connectivity index is 3.23. The van der Waals surface area contributed by atoms with E-state index in [1.165, 1.54) is 0 Å². The molecule has 0 aromatic rings. The van der Waals surface area contributed by atoms with Crippen molar-refractivity contribution < 1.29 is 14.6 Å². The number of aliphatic hydroxyl groups excluding tert-OH is 1. The second-order valence-electron chi connectivity index (χ2n) is 3.53. The molecular weight excluding hydrogens is 198 g/mol. The van der Waals surface area contributed by atoms with Gasteiger partial charge >= 0.3 is 6.03 Å². The van der Waals surface area contributed by atoms with Gasteiger partial charge in [-0.15, -0.1) is 0 Å². The van der Waals surface area contributed by atoms with Gasteiger partial charge in [-0.2, -0.15) is 0 Å². The third-order valence-electron chi connectivity index (χ3n) is 1.60. The lowest BCUT2D eigenvalue weighted by atomic mass is 10.3. The van der Waals surface area contributed by atoms with E-state index in [0.717, 1.165) is 0 Å². The van der Waals surface area contributed by atoms with Gasteiger partial charge in [-0.25, -0.2) is 4.79 Å². The van der Waals surface area contributed by atoms with E-state index < -0.39 is 12.1 Å². The van der Waals surface area contributed by atoms with E-state index in [4.69, 9.17) is 10.5 Å². The van der Waals surface area contributed by atoms with Gasteiger partial charge in [0.2, 0.25) is 0 Å². The summed E-state index contributed by atoms with van der Waals surface area (Å²) >= 11 is 0. The largest absolute Gasteiger partial charge is 0.389 e. The van der Waals surface area contributed by atoms with Crippen LogP contribution in [0.1, 0.15) is 13.8 Å². The molecule has 1 unspecified atom stereocenters. The summed E-state index contributed by atoms with van der Waals surface area (Å²) in [4.78, 5) is 10.3. The zero-order valence-electron chi connectivity index (χ0n) is 9.32. The molecule has 0 aromatic heterocycles. The maximum atomic E-state index is 10.3. The molecule has 6 heteroatoms. The first-order chi connectivity index (χ1) is 7.02. The first-order valence-corrected chi connectivity index (χ1v) is 5.06. The molecule has 0 heterocycles. The fourth-order valence-corrected chi connectivity index (χ4v) is 0.905. The average Bonchev–Trinajstić information content (AvgIpc) is 2.13. The molecule has 0 saturated heterocycles. The summed E-state index contributed by atoms with van der Waals surface area (Å²) in [5.41, 5.74) is 4.87. The van der Waals surface area contributed by atoms with Gasteiger partial charge in [-0.1, -0.05) is 0 Å². The van der Waals surface area contributed by atoms with E-state index in [-0.39, 0.29) is 6.10 Å². The summed E-state index contributed by atoms with van der Waals surface area (Å²) in [6, 6.07) is -0.541. The predicted molar refractivity (Wildman–Crippen MR) is 57.6 cm³/mol. The van der Waals surface area contributed by atoms with Gasteiger partial charge in [0.05, 0.1) is 18.8 Å². The molecule has 0 saturated carbocycles. The molecule has 0 bridgehead atoms. The highest BCUT2D eigenvalue weighted by molar-refractivity contribution is 5.71. The molecule has 0 rings (SSSR count). The number of amides is 2. The second-order valence-corrected chi connectivity index (χ2v) is 3.53. The minimum absolute atomic E-state index is 0.121. The van der Waals surface area contributed by atoms with Crippen LogP contribution in [0.5, 0.6) is 0 Å². The summed E-state index contributed by atoms with van der Waals surface area (Å²) in [7, 11) is 0. The molecule has 90 valence electrons. The quantitative estimate of drug-likeness (QED) is 0.395. The van der Waals surface area contributed by atoms with E-state index in [1.807, 2.05) is 13.8 Å². The number of urea groups is 1. The van der Waals surface area contributed by atoms with E-state index in [9.17, 15) is 9.90 Å². The van der Waals surface area contributed by atoms with Crippen molar-refractivity contribution in [3.8, 4) is 0 Å². The van der Waals surface area contributed by atoms with Gasteiger partial charge in [0, 0.05) is 19.6 Å². The van der Waals surface area contributed by atoms with Crippen LogP contribution in [0.4, 0.5) is 4.79 Å². The number of nitrogens with one attached hydrogen (secondary N) is 2. The van der Waals surface area contributed by atoms with Crippen LogP contribution in [0.3, 0.4) is 0 Å². The highest BCUT2D eigenvalue weighted by atomic mass is 16.5. The first-order valence-electron chi connectivity index (χ1n) is 5.06. The van der Waals surface area contributed by atoms with Crippen LogP contribution in [0.15, 0.2) is 0 Å². The van der Waals surface area contributed by atoms with Crippen molar-refractivity contribution in [1.29, 1.82) is 0 Å². The fourth-order valence-electron chi connectivity index (χ4n) is 0.905. The van der Waals surface area contributed by atoms with Crippen LogP contribution in [0.25, 0.3) is 0 Å². The normalized spacial score (nSPS) is 12.8. The number of hydrogen-bond donors (Lipinski definition) is 4. The fraction of sp³-hybridized carbons (Fsp3) is 0.889. The molecule has 0 radical (unpaired) electrons. The highest BCUT2D eigenvalue weighted by Gasteiger charge is 2.04. The molecule has 0 aliphatic carbocycles. The van der Waals surface area contributed by atoms with Crippen molar-refractivity contribution in [2.24, 2.45) is 5.73 Å². The molecule has 0 aromatic carbocycles. The molecule has 0 spiro atoms. The molecule has 0 aliphatic heterocycles. The number of primary amides is 1. The molecule has 0 aliphatic rings. The monoisotopic (exact) mass is 219 g/mol. The van der Waals surface area contributed by atoms with Gasteiger partial charge in [0.1, 0.15) is 0 Å². The molecule has 2 amide bonds. The number of nitrogens with two attached hydrogens (primary N) is 1. The van der Waals surface area contributed by atoms with Gasteiger partial charge < -0.3 is 26.2 Å². The molecule has 0 fully saturated rings. The Labute approximate surface area is 90.2 Å². The Bertz CT molecular complexity index is 176. The number of hydrogen-bond acceptors (Lipinski definition) is 4. The zero-order chi connectivity index (χ0) is 11.7. The van der Waals surface area contributed by atoms with Gasteiger partial charge in [-0.05, 0) is 13.8 Å². The van der Waals surface area contributed by atoms with Crippen molar-refractivity contribution >= 4 is 6.03 Å². The summed E-state index contributed by atoms with van der Waals surface area (Å²) in [5.74, 6) is 0. The molecule has 15 heavy (non-hydrogen) atoms. The topological polar surface area (TPSA) is 96.6 Å². The smallest absolute Gasteiger partial charge is 0.312 e. The molecule has 6 nitrogen and oxygen atoms in total. The Hall–Kier alpha value is -0.850. The van der Waals surface area contributed by atoms with Crippen molar-refractivity contribution in [2.45, 2.75) is 26.1 Å². The maximum absolute atomic E-state index is 10.3. The Kier molecular flexibility index (Phi) is 7.98. The summed E-state index contributed by atoms with van der Waals surface area (Å²) in [6.07, 6.45) is -0.405. The highest BCUT2D eigenvalue weighted by Crippen LogP contribution is 1.90. The van der Waals surface area contributed by atoms with Crippen molar-refractivity contribution in [3.05, 3.63) is 0 Å². The Morgan fingerprint density at radius 2 is 2.13 bits per heavy atom. The first kappa shape index (κ1) is 14.2. The average molecular weight is 219 g/mol. The Morgan fingerprint density at radius 1 is 1.47 bits per heavy atom. The molecule has 5 N–H and O–H groups in total. The van der Waals surface area contributed by atoms with Crippen LogP contribution in [0.2, 0.25) is 0 Å². The van der Waals surface area contributed by atoms with E-state index in [0.29, 0.717) is 26.2 Å². The number of carbonyl (C=O) groups is 1. The SMILES string of the molecule is CC(C)OCC(O)CNCCNC(N)=O. The zero-order valence-corrected chi connectivity index (χ0v) is 9.32. The minimum atomic E-state index is -0.541. The summed E-state index contributed by atoms with van der Waals surface area (Å²) < 4.78 is 5.22. The predicted octanol–water partition coefficient (Wildman–Crippen LogP) is -0.970. The van der Waals surface area contributed by atoms with E-state index >= 15 is 0 Å². The van der Waals surface area contributed by atoms with Crippen molar-refractivity contribution in [3.63, 3.8) is 0 Å². The van der Waals surface area contributed by atoms with Crippen molar-refractivity contribution in [1.82, 2.24) is 10.6 Å². The lowest BCUT2D eigenvalue weighted by molar-refractivity contribution is 0.00653. The van der Waals surface area contributed by atoms with E-state index in [1.54, 1.807) is 0 Å². The van der Waals surface area contributed by atoms with Gasteiger partial charge in [0.25, 0.3) is 0 Å². The minimum Gasteiger partial charge on any atom is -0.389 e. The number of rotatable bonds is 8. The summed E-state index contributed by atoms with van der Waals surface area (Å²) in [5, 5.41) is 14.8. The summed E-state index contributed by atoms with van der Waals surface area (Å²) in [6.45, 7) is 5.60. The number of ether oxygens (including phenoxy) is 1. The van der Waals surface area contributed by atoms with Gasteiger partial charge in [0.15, 0.2) is 0 Å². The van der Waals surface area contributed by atoms with E-state index in [2.05, 4.69) is 10.6 Å². The van der Waals surface area contributed by atoms with Crippen molar-refractivity contribution in [2.75, 3.05) is 26.2 Å². The van der Waals surface area contributed by atoms with Crippen LogP contribution in [-0.4, -0.2) is 49.6 Å². The van der Waals surface area contributed by atoms with Gasteiger partial charge in [-0.3, -0.25) is 0 Å². The third-order valence-corrected chi connectivity index (χ3v) is 1.60. The van der Waals surface area contributed by atoms with Crippen LogP contribution in [0, 0.1) is 0 Å². The van der Waals surface area contributed by atoms with Crippen LogP contribution < -0.4 is 16.4 Å². The van der Waals surface area contributed by atoms with Crippen LogP contribution >= 0.6 is 0 Å². The molecule has 1 atom stereocenters. The standard InChI is InChI=1S/C9H21N3O3/c1-7(2)15-6-8(13)5-11-3-4-12-9(10)14/h7-8,11,13H,3-6H2,1-2H3,(H3,10,12,14). The molecular formula is C9H21N3O3. The lowest BCUT2D eigenvalue weighted by Gasteiger charge is -2.14. The lowest BCUT2D eigenvalue weighted by Crippen LogP contribution is -2.38. The Morgan fingerprint density at radius 3 is 2.67 bits per heavy atom. The van der Waals surface area contributed by atoms with Crippen LogP contribution in [-0.2, 0) is 4.74 Å². The number of carbonyl (C=O) groups excluding carboxylic acids is 1. The number of aliphatic hydroxyl groups is 1. The second kappa shape index (κ2) is 8.46. The third kappa shape index (κ3) is 11.1. The maximum Gasteiger partial charge on any atom is 0.312 e.